The van der Waals surface area contributed by atoms with E-state index < -0.39 is 5.63 Å². The summed E-state index contributed by atoms with van der Waals surface area (Å²) < 4.78 is 10.4. The molecule has 0 spiro atoms. The number of phenolic OH excluding ortho intramolecular Hbond substituents is 1. The molecule has 0 atom stereocenters. The Morgan fingerprint density at radius 2 is 2.08 bits per heavy atom. The van der Waals surface area contributed by atoms with Gasteiger partial charge >= 0.3 is 11.6 Å². The lowest BCUT2D eigenvalue weighted by molar-refractivity contribution is -0.919. The second-order valence-corrected chi connectivity index (χ2v) is 6.63. The van der Waals surface area contributed by atoms with Crippen LogP contribution in [-0.4, -0.2) is 30.8 Å². The monoisotopic (exact) mass is 346 g/mol. The Hall–Kier alpha value is -2.34. The number of esters is 1. The molecule has 1 aromatic heterocycles. The summed E-state index contributed by atoms with van der Waals surface area (Å²) in [5, 5.41) is 10.7. The highest BCUT2D eigenvalue weighted by molar-refractivity contribution is 5.84. The molecule has 1 aliphatic rings. The molecule has 0 unspecified atom stereocenters. The van der Waals surface area contributed by atoms with Gasteiger partial charge in [0.05, 0.1) is 25.6 Å². The Morgan fingerprint density at radius 3 is 2.76 bits per heavy atom. The van der Waals surface area contributed by atoms with E-state index in [0.717, 1.165) is 36.9 Å². The van der Waals surface area contributed by atoms with Gasteiger partial charge in [0.15, 0.2) is 0 Å². The van der Waals surface area contributed by atoms with Crippen LogP contribution in [-0.2, 0) is 16.1 Å². The maximum absolute atomic E-state index is 11.9. The van der Waals surface area contributed by atoms with Crippen molar-refractivity contribution in [3.63, 3.8) is 0 Å². The van der Waals surface area contributed by atoms with Crippen LogP contribution < -0.4 is 10.5 Å². The van der Waals surface area contributed by atoms with Gasteiger partial charge in [-0.05, 0) is 26.0 Å². The minimum absolute atomic E-state index is 0.0134. The van der Waals surface area contributed by atoms with Crippen LogP contribution in [0.5, 0.6) is 5.75 Å². The van der Waals surface area contributed by atoms with Gasteiger partial charge in [0.25, 0.3) is 0 Å². The van der Waals surface area contributed by atoms with Gasteiger partial charge in [-0.2, -0.15) is 0 Å². The number of phenols is 1. The Kier molecular flexibility index (Phi) is 5.08. The van der Waals surface area contributed by atoms with Gasteiger partial charge in [-0.25, -0.2) is 4.79 Å². The highest BCUT2D eigenvalue weighted by Gasteiger charge is 2.28. The molecule has 0 amide bonds. The van der Waals surface area contributed by atoms with Crippen molar-refractivity contribution in [3.05, 3.63) is 39.7 Å². The lowest BCUT2D eigenvalue weighted by atomic mass is 9.96. The first-order chi connectivity index (χ1) is 12.0. The number of rotatable bonds is 4. The lowest BCUT2D eigenvalue weighted by Crippen LogP contribution is -3.11. The summed E-state index contributed by atoms with van der Waals surface area (Å²) in [5.74, 6) is 0.00864. The molecule has 1 aliphatic heterocycles. The molecule has 3 rings (SSSR count). The average Bonchev–Trinajstić information content (AvgIpc) is 2.59. The third-order valence-corrected chi connectivity index (χ3v) is 4.97. The van der Waals surface area contributed by atoms with E-state index >= 15 is 0 Å². The molecule has 25 heavy (non-hydrogen) atoms. The molecule has 0 bridgehead atoms. The standard InChI is InChI=1S/C19H23NO5/c1-3-24-19(23)13-6-8-20(9-7-13)11-14-10-17(22)25-18-12(2)16(21)5-4-15(14)18/h4-5,10,13,21H,3,6-9,11H2,1-2H3/p+1. The van der Waals surface area contributed by atoms with Gasteiger partial charge in [0.2, 0.25) is 0 Å². The highest BCUT2D eigenvalue weighted by atomic mass is 16.5. The molecule has 2 heterocycles. The Balaban J connectivity index is 1.77. The number of piperidine rings is 1. The Morgan fingerprint density at radius 1 is 1.36 bits per heavy atom. The number of aromatic hydroxyl groups is 1. The van der Waals surface area contributed by atoms with Crippen LogP contribution >= 0.6 is 0 Å². The molecule has 134 valence electrons. The molecule has 2 aromatic rings. The molecule has 0 saturated carbocycles. The van der Waals surface area contributed by atoms with Crippen molar-refractivity contribution in [2.45, 2.75) is 33.2 Å². The Labute approximate surface area is 146 Å². The molecule has 2 N–H and O–H groups in total. The molecule has 0 radical (unpaired) electrons. The summed E-state index contributed by atoms with van der Waals surface area (Å²) >= 11 is 0. The molecule has 1 saturated heterocycles. The van der Waals surface area contributed by atoms with Gasteiger partial charge in [0.1, 0.15) is 17.9 Å². The first-order valence-corrected chi connectivity index (χ1v) is 8.75. The number of aryl methyl sites for hydroxylation is 1. The SMILES string of the molecule is CCOC(=O)C1CC[NH+](Cc2cc(=O)oc3c(C)c(O)ccc23)CC1. The minimum atomic E-state index is -0.406. The third kappa shape index (κ3) is 3.69. The normalized spacial score (nSPS) is 20.6. The molecule has 1 aromatic carbocycles. The molecule has 6 heteroatoms. The van der Waals surface area contributed by atoms with E-state index in [4.69, 9.17) is 9.15 Å². The van der Waals surface area contributed by atoms with Crippen molar-refractivity contribution in [2.75, 3.05) is 19.7 Å². The number of fused-ring (bicyclic) bond motifs is 1. The van der Waals surface area contributed by atoms with Crippen molar-refractivity contribution in [2.24, 2.45) is 5.92 Å². The second kappa shape index (κ2) is 7.27. The van der Waals surface area contributed by atoms with Crippen LogP contribution in [0.25, 0.3) is 11.0 Å². The van der Waals surface area contributed by atoms with Crippen LogP contribution in [0.2, 0.25) is 0 Å². The third-order valence-electron chi connectivity index (χ3n) is 4.97. The first-order valence-electron chi connectivity index (χ1n) is 8.75. The summed E-state index contributed by atoms with van der Waals surface area (Å²) in [7, 11) is 0. The van der Waals surface area contributed by atoms with E-state index in [1.165, 1.54) is 11.0 Å². The number of quaternary nitrogens is 1. The van der Waals surface area contributed by atoms with Crippen LogP contribution in [0.3, 0.4) is 0 Å². The van der Waals surface area contributed by atoms with Crippen molar-refractivity contribution in [1.82, 2.24) is 0 Å². The van der Waals surface area contributed by atoms with E-state index in [1.54, 1.807) is 19.1 Å². The van der Waals surface area contributed by atoms with Gasteiger partial charge in [-0.15, -0.1) is 0 Å². The fourth-order valence-corrected chi connectivity index (χ4v) is 3.53. The minimum Gasteiger partial charge on any atom is -0.508 e. The molecular weight excluding hydrogens is 322 g/mol. The van der Waals surface area contributed by atoms with E-state index in [2.05, 4.69) is 0 Å². The van der Waals surface area contributed by atoms with Gasteiger partial charge in [-0.1, -0.05) is 0 Å². The second-order valence-electron chi connectivity index (χ2n) is 6.63. The van der Waals surface area contributed by atoms with E-state index in [0.29, 0.717) is 24.3 Å². The van der Waals surface area contributed by atoms with E-state index in [1.807, 2.05) is 6.92 Å². The number of benzene rings is 1. The van der Waals surface area contributed by atoms with Gasteiger partial charge in [0, 0.05) is 35.4 Å². The van der Waals surface area contributed by atoms with Crippen molar-refractivity contribution < 1.29 is 24.0 Å². The summed E-state index contributed by atoms with van der Waals surface area (Å²) in [4.78, 5) is 25.1. The van der Waals surface area contributed by atoms with Crippen LogP contribution in [0.1, 0.15) is 30.9 Å². The summed E-state index contributed by atoms with van der Waals surface area (Å²) in [6.07, 6.45) is 1.60. The maximum atomic E-state index is 11.9. The smallest absolute Gasteiger partial charge is 0.336 e. The fraction of sp³-hybridized carbons (Fsp3) is 0.474. The highest BCUT2D eigenvalue weighted by Crippen LogP contribution is 2.27. The zero-order valence-corrected chi connectivity index (χ0v) is 14.6. The Bertz CT molecular complexity index is 834. The van der Waals surface area contributed by atoms with Crippen LogP contribution in [0, 0.1) is 12.8 Å². The fourth-order valence-electron chi connectivity index (χ4n) is 3.53. The van der Waals surface area contributed by atoms with Crippen molar-refractivity contribution in [1.29, 1.82) is 0 Å². The maximum Gasteiger partial charge on any atom is 0.336 e. The molecule has 6 nitrogen and oxygen atoms in total. The number of ether oxygens (including phenoxy) is 1. The predicted octanol–water partition coefficient (Wildman–Crippen LogP) is 1.17. The number of likely N-dealkylation sites (tertiary alicyclic amines) is 1. The number of hydrogen-bond donors (Lipinski definition) is 2. The van der Waals surface area contributed by atoms with Gasteiger partial charge in [-0.3, -0.25) is 4.79 Å². The zero-order chi connectivity index (χ0) is 18.0. The number of hydrogen-bond acceptors (Lipinski definition) is 5. The van der Waals surface area contributed by atoms with E-state index in [9.17, 15) is 14.7 Å². The van der Waals surface area contributed by atoms with Crippen molar-refractivity contribution >= 4 is 16.9 Å². The number of carbonyl (C=O) groups excluding carboxylic acids is 1. The number of carbonyl (C=O) groups is 1. The van der Waals surface area contributed by atoms with E-state index in [-0.39, 0.29) is 17.6 Å². The molecule has 0 aliphatic carbocycles. The van der Waals surface area contributed by atoms with Crippen LogP contribution in [0.15, 0.2) is 27.4 Å². The quantitative estimate of drug-likeness (QED) is 0.641. The van der Waals surface area contributed by atoms with Crippen LogP contribution in [0.4, 0.5) is 0 Å². The molecule has 1 fully saturated rings. The first kappa shape index (κ1) is 17.5. The lowest BCUT2D eigenvalue weighted by Gasteiger charge is -2.28. The summed E-state index contributed by atoms with van der Waals surface area (Å²) in [5.41, 5.74) is 1.53. The summed E-state index contributed by atoms with van der Waals surface area (Å²) in [6, 6.07) is 4.95. The zero-order valence-electron chi connectivity index (χ0n) is 14.6. The van der Waals surface area contributed by atoms with Crippen molar-refractivity contribution in [3.8, 4) is 5.75 Å². The average molecular weight is 346 g/mol. The predicted molar refractivity (Wildman–Crippen MR) is 92.6 cm³/mol. The largest absolute Gasteiger partial charge is 0.508 e. The topological polar surface area (TPSA) is 81.2 Å². The number of nitrogens with one attached hydrogen (secondary N) is 1. The summed E-state index contributed by atoms with van der Waals surface area (Å²) in [6.45, 7) is 6.41. The molecular formula is C19H24NO5+. The van der Waals surface area contributed by atoms with Gasteiger partial charge < -0.3 is 19.2 Å².